The van der Waals surface area contributed by atoms with E-state index in [0.717, 1.165) is 35.6 Å². The summed E-state index contributed by atoms with van der Waals surface area (Å²) in [6, 6.07) is 23.2. The van der Waals surface area contributed by atoms with Crippen molar-refractivity contribution in [3.05, 3.63) is 89.6 Å². The number of carbonyl (C=O) groups is 2. The van der Waals surface area contributed by atoms with Gasteiger partial charge >= 0.3 is 0 Å². The van der Waals surface area contributed by atoms with Gasteiger partial charge in [0.2, 0.25) is 0 Å². The van der Waals surface area contributed by atoms with Gasteiger partial charge in [0, 0.05) is 44.2 Å². The van der Waals surface area contributed by atoms with Gasteiger partial charge < -0.3 is 15.1 Å². The maximum atomic E-state index is 13.7. The lowest BCUT2D eigenvalue weighted by Crippen LogP contribution is -2.32. The molecule has 2 aliphatic rings. The summed E-state index contributed by atoms with van der Waals surface area (Å²) in [6.07, 6.45) is 2.43. The Kier molecular flexibility index (Phi) is 6.03. The molecule has 0 aromatic heterocycles. The van der Waals surface area contributed by atoms with E-state index >= 15 is 0 Å². The summed E-state index contributed by atoms with van der Waals surface area (Å²) >= 11 is 0. The second-order valence-corrected chi connectivity index (χ2v) is 9.34. The van der Waals surface area contributed by atoms with E-state index < -0.39 is 0 Å². The monoisotopic (exact) mass is 466 g/mol. The molecule has 0 saturated carbocycles. The Morgan fingerprint density at radius 2 is 1.49 bits per heavy atom. The van der Waals surface area contributed by atoms with Crippen molar-refractivity contribution in [2.75, 3.05) is 47.2 Å². The third-order valence-electron chi connectivity index (χ3n) is 6.64. The highest BCUT2D eigenvalue weighted by Gasteiger charge is 2.40. The van der Waals surface area contributed by atoms with E-state index in [1.807, 2.05) is 80.5 Å². The zero-order valence-electron chi connectivity index (χ0n) is 20.4. The Hall–Kier alpha value is -4.06. The maximum Gasteiger partial charge on any atom is 0.282 e. The number of rotatable bonds is 6. The van der Waals surface area contributed by atoms with Crippen LogP contribution in [0.5, 0.6) is 0 Å². The number of benzene rings is 3. The number of amides is 2. The van der Waals surface area contributed by atoms with Crippen LogP contribution in [0.4, 0.5) is 22.7 Å². The van der Waals surface area contributed by atoms with Gasteiger partial charge in [0.1, 0.15) is 5.70 Å². The first-order valence-corrected chi connectivity index (χ1v) is 12.0. The molecule has 0 unspecified atom stereocenters. The van der Waals surface area contributed by atoms with Crippen LogP contribution in [0.25, 0.3) is 5.57 Å². The topological polar surface area (TPSA) is 55.9 Å². The van der Waals surface area contributed by atoms with Crippen LogP contribution in [-0.4, -0.2) is 39.0 Å². The van der Waals surface area contributed by atoms with Gasteiger partial charge in [-0.15, -0.1) is 0 Å². The van der Waals surface area contributed by atoms with Crippen molar-refractivity contribution in [3.63, 3.8) is 0 Å². The van der Waals surface area contributed by atoms with Crippen LogP contribution in [-0.2, 0) is 9.59 Å². The van der Waals surface area contributed by atoms with E-state index in [4.69, 9.17) is 0 Å². The average Bonchev–Trinajstić information content (AvgIpc) is 3.48. The van der Waals surface area contributed by atoms with E-state index in [1.165, 1.54) is 23.4 Å². The standard InChI is InChI=1S/C29H30N4O2/c1-20-9-11-21(12-10-20)26-27(30-22-13-15-23(16-14-22)32-17-4-5-18-32)29(35)33(28(26)34)25-8-6-7-24(19-25)31(2)3/h6-16,19,30H,4-5,17-18H2,1-3H3. The van der Waals surface area contributed by atoms with E-state index in [2.05, 4.69) is 22.3 Å². The largest absolute Gasteiger partial charge is 0.378 e. The molecular weight excluding hydrogens is 436 g/mol. The smallest absolute Gasteiger partial charge is 0.282 e. The molecule has 1 fully saturated rings. The number of hydrogen-bond donors (Lipinski definition) is 1. The lowest BCUT2D eigenvalue weighted by atomic mass is 10.0. The highest BCUT2D eigenvalue weighted by atomic mass is 16.2. The zero-order chi connectivity index (χ0) is 24.5. The summed E-state index contributed by atoms with van der Waals surface area (Å²) < 4.78 is 0. The fourth-order valence-corrected chi connectivity index (χ4v) is 4.65. The summed E-state index contributed by atoms with van der Waals surface area (Å²) in [5.74, 6) is -0.684. The fourth-order valence-electron chi connectivity index (χ4n) is 4.65. The highest BCUT2D eigenvalue weighted by Crippen LogP contribution is 2.35. The molecule has 6 nitrogen and oxygen atoms in total. The van der Waals surface area contributed by atoms with Gasteiger partial charge in [0.05, 0.1) is 11.3 Å². The molecule has 3 aromatic rings. The van der Waals surface area contributed by atoms with E-state index in [1.54, 1.807) is 6.07 Å². The lowest BCUT2D eigenvalue weighted by Gasteiger charge is -2.19. The normalized spacial score (nSPS) is 15.9. The molecule has 35 heavy (non-hydrogen) atoms. The van der Waals surface area contributed by atoms with Crippen LogP contribution >= 0.6 is 0 Å². The molecule has 178 valence electrons. The molecule has 0 spiro atoms. The number of carbonyl (C=O) groups excluding carboxylic acids is 2. The predicted octanol–water partition coefficient (Wildman–Crippen LogP) is 5.06. The Bertz CT molecular complexity index is 1290. The van der Waals surface area contributed by atoms with Crippen LogP contribution in [0.2, 0.25) is 0 Å². The van der Waals surface area contributed by atoms with Gasteiger partial charge in [0.15, 0.2) is 0 Å². The van der Waals surface area contributed by atoms with Gasteiger partial charge in [0.25, 0.3) is 11.8 Å². The molecule has 0 bridgehead atoms. The first kappa shape index (κ1) is 22.7. The van der Waals surface area contributed by atoms with Crippen molar-refractivity contribution >= 4 is 40.1 Å². The molecule has 2 heterocycles. The number of hydrogen-bond acceptors (Lipinski definition) is 5. The quantitative estimate of drug-likeness (QED) is 0.515. The molecule has 0 aliphatic carbocycles. The SMILES string of the molecule is Cc1ccc(C2=C(Nc3ccc(N4CCCC4)cc3)C(=O)N(c3cccc(N(C)C)c3)C2=O)cc1. The molecule has 0 radical (unpaired) electrons. The predicted molar refractivity (Wildman–Crippen MR) is 143 cm³/mol. The summed E-state index contributed by atoms with van der Waals surface area (Å²) in [6.45, 7) is 4.15. The van der Waals surface area contributed by atoms with Gasteiger partial charge in [-0.1, -0.05) is 35.9 Å². The Labute approximate surface area is 206 Å². The summed E-state index contributed by atoms with van der Waals surface area (Å²) in [5, 5.41) is 3.28. The van der Waals surface area contributed by atoms with Gasteiger partial charge in [-0.05, 0) is 67.8 Å². The van der Waals surface area contributed by atoms with Gasteiger partial charge in [-0.25, -0.2) is 4.90 Å². The average molecular weight is 467 g/mol. The minimum atomic E-state index is -0.356. The van der Waals surface area contributed by atoms with Crippen LogP contribution in [0, 0.1) is 6.92 Å². The molecule has 2 aliphatic heterocycles. The number of nitrogens with one attached hydrogen (secondary N) is 1. The summed E-state index contributed by atoms with van der Waals surface area (Å²) in [5.41, 5.74) is 5.91. The van der Waals surface area contributed by atoms with Crippen LogP contribution in [0.1, 0.15) is 24.0 Å². The number of imide groups is 1. The van der Waals surface area contributed by atoms with E-state index in [9.17, 15) is 9.59 Å². The molecule has 2 amide bonds. The molecule has 1 N–H and O–H groups in total. The van der Waals surface area contributed by atoms with Crippen molar-refractivity contribution in [3.8, 4) is 0 Å². The Balaban J connectivity index is 1.52. The molecule has 5 rings (SSSR count). The van der Waals surface area contributed by atoms with Crippen molar-refractivity contribution < 1.29 is 9.59 Å². The van der Waals surface area contributed by atoms with Crippen molar-refractivity contribution in [2.45, 2.75) is 19.8 Å². The molecule has 0 atom stereocenters. The zero-order valence-corrected chi connectivity index (χ0v) is 20.4. The lowest BCUT2D eigenvalue weighted by molar-refractivity contribution is -0.120. The third kappa shape index (κ3) is 4.39. The molecule has 3 aromatic carbocycles. The fraction of sp³-hybridized carbons (Fsp3) is 0.241. The number of nitrogens with zero attached hydrogens (tertiary/aromatic N) is 3. The minimum absolute atomic E-state index is 0.294. The Morgan fingerprint density at radius 1 is 0.800 bits per heavy atom. The van der Waals surface area contributed by atoms with Crippen molar-refractivity contribution in [1.29, 1.82) is 0 Å². The summed E-state index contributed by atoms with van der Waals surface area (Å²) in [4.78, 5) is 33.0. The Morgan fingerprint density at radius 3 is 2.14 bits per heavy atom. The number of anilines is 4. The first-order valence-electron chi connectivity index (χ1n) is 12.0. The second kappa shape index (κ2) is 9.29. The van der Waals surface area contributed by atoms with Crippen molar-refractivity contribution in [1.82, 2.24) is 0 Å². The minimum Gasteiger partial charge on any atom is -0.378 e. The van der Waals surface area contributed by atoms with Gasteiger partial charge in [-0.3, -0.25) is 9.59 Å². The van der Waals surface area contributed by atoms with Crippen LogP contribution in [0.15, 0.2) is 78.5 Å². The number of aryl methyl sites for hydroxylation is 1. The third-order valence-corrected chi connectivity index (χ3v) is 6.64. The van der Waals surface area contributed by atoms with Crippen LogP contribution < -0.4 is 20.0 Å². The van der Waals surface area contributed by atoms with E-state index in [-0.39, 0.29) is 11.8 Å². The molecular formula is C29H30N4O2. The van der Waals surface area contributed by atoms with Crippen LogP contribution in [0.3, 0.4) is 0 Å². The molecule has 1 saturated heterocycles. The second-order valence-electron chi connectivity index (χ2n) is 9.34. The summed E-state index contributed by atoms with van der Waals surface area (Å²) in [7, 11) is 3.86. The maximum absolute atomic E-state index is 13.7. The first-order chi connectivity index (χ1) is 16.9. The van der Waals surface area contributed by atoms with Gasteiger partial charge in [-0.2, -0.15) is 0 Å². The molecule has 6 heteroatoms. The van der Waals surface area contributed by atoms with Crippen molar-refractivity contribution in [2.24, 2.45) is 0 Å². The van der Waals surface area contributed by atoms with E-state index in [0.29, 0.717) is 17.0 Å². The highest BCUT2D eigenvalue weighted by molar-refractivity contribution is 6.46.